The maximum atomic E-state index is 12.3. The van der Waals surface area contributed by atoms with Gasteiger partial charge in [0, 0.05) is 8.95 Å². The van der Waals surface area contributed by atoms with Gasteiger partial charge >= 0.3 is 0 Å². The van der Waals surface area contributed by atoms with Crippen molar-refractivity contribution < 1.29 is 13.5 Å². The molecule has 106 valence electrons. The second kappa shape index (κ2) is 5.75. The fraction of sp³-hybridized carbons (Fsp3) is 0.0769. The van der Waals surface area contributed by atoms with Crippen LogP contribution in [0, 0.1) is 6.92 Å². The van der Waals surface area contributed by atoms with E-state index in [9.17, 15) is 13.5 Å². The monoisotopic (exact) mass is 419 g/mol. The van der Waals surface area contributed by atoms with Crippen LogP contribution in [0.2, 0.25) is 0 Å². The first-order chi connectivity index (χ1) is 9.29. The highest BCUT2D eigenvalue weighted by molar-refractivity contribution is 9.11. The SMILES string of the molecule is Cc1cc(Br)c(NS(=O)(=O)c2ccc(O)cc2)c(Br)c1. The third-order valence-electron chi connectivity index (χ3n) is 2.57. The predicted molar refractivity (Wildman–Crippen MR) is 85.5 cm³/mol. The van der Waals surface area contributed by atoms with E-state index in [1.807, 2.05) is 19.1 Å². The Hall–Kier alpha value is -1.05. The van der Waals surface area contributed by atoms with Gasteiger partial charge in [-0.05, 0) is 80.7 Å². The van der Waals surface area contributed by atoms with Crippen molar-refractivity contribution in [2.24, 2.45) is 0 Å². The summed E-state index contributed by atoms with van der Waals surface area (Å²) in [6.45, 7) is 1.91. The van der Waals surface area contributed by atoms with Gasteiger partial charge in [0.1, 0.15) is 5.75 Å². The van der Waals surface area contributed by atoms with Crippen LogP contribution in [-0.4, -0.2) is 13.5 Å². The third-order valence-corrected chi connectivity index (χ3v) is 5.19. The molecule has 0 aliphatic rings. The summed E-state index contributed by atoms with van der Waals surface area (Å²) in [4.78, 5) is 0.0784. The number of hydrogen-bond acceptors (Lipinski definition) is 3. The Bertz CT molecular complexity index is 720. The number of hydrogen-bond donors (Lipinski definition) is 2. The van der Waals surface area contributed by atoms with Crippen LogP contribution < -0.4 is 4.72 Å². The quantitative estimate of drug-likeness (QED) is 0.787. The van der Waals surface area contributed by atoms with E-state index in [1.54, 1.807) is 0 Å². The minimum absolute atomic E-state index is 0.0154. The summed E-state index contributed by atoms with van der Waals surface area (Å²) in [5.41, 5.74) is 1.43. The molecule has 2 rings (SSSR count). The Morgan fingerprint density at radius 3 is 2.05 bits per heavy atom. The number of phenolic OH excluding ortho intramolecular Hbond substituents is 1. The van der Waals surface area contributed by atoms with Crippen molar-refractivity contribution >= 4 is 47.6 Å². The number of nitrogens with one attached hydrogen (secondary N) is 1. The number of sulfonamides is 1. The average molecular weight is 421 g/mol. The van der Waals surface area contributed by atoms with Crippen LogP contribution in [-0.2, 0) is 10.0 Å². The van der Waals surface area contributed by atoms with E-state index in [2.05, 4.69) is 36.6 Å². The van der Waals surface area contributed by atoms with Crippen LogP contribution in [0.5, 0.6) is 5.75 Å². The first kappa shape index (κ1) is 15.3. The minimum atomic E-state index is -3.71. The average Bonchev–Trinajstić information content (AvgIpc) is 2.34. The van der Waals surface area contributed by atoms with Gasteiger partial charge < -0.3 is 5.11 Å². The van der Waals surface area contributed by atoms with Gasteiger partial charge in [-0.15, -0.1) is 0 Å². The van der Waals surface area contributed by atoms with E-state index in [1.165, 1.54) is 24.3 Å². The van der Waals surface area contributed by atoms with Crippen LogP contribution in [0.4, 0.5) is 5.69 Å². The first-order valence-corrected chi connectivity index (χ1v) is 8.64. The van der Waals surface area contributed by atoms with Gasteiger partial charge in [0.2, 0.25) is 0 Å². The Morgan fingerprint density at radius 1 is 1.05 bits per heavy atom. The molecule has 0 fully saturated rings. The molecule has 0 amide bonds. The van der Waals surface area contributed by atoms with E-state index in [0.29, 0.717) is 14.6 Å². The number of halogens is 2. The van der Waals surface area contributed by atoms with Crippen molar-refractivity contribution in [1.29, 1.82) is 0 Å². The molecular weight excluding hydrogens is 410 g/mol. The number of phenols is 1. The molecule has 0 spiro atoms. The van der Waals surface area contributed by atoms with Gasteiger partial charge in [-0.2, -0.15) is 0 Å². The van der Waals surface area contributed by atoms with Crippen LogP contribution in [0.25, 0.3) is 0 Å². The molecule has 2 aromatic rings. The minimum Gasteiger partial charge on any atom is -0.508 e. The molecule has 20 heavy (non-hydrogen) atoms. The largest absolute Gasteiger partial charge is 0.508 e. The van der Waals surface area contributed by atoms with Crippen LogP contribution >= 0.6 is 31.9 Å². The normalized spacial score (nSPS) is 11.3. The molecule has 0 aliphatic heterocycles. The summed E-state index contributed by atoms with van der Waals surface area (Å²) >= 11 is 6.68. The number of anilines is 1. The summed E-state index contributed by atoms with van der Waals surface area (Å²) in [7, 11) is -3.71. The molecule has 7 heteroatoms. The smallest absolute Gasteiger partial charge is 0.261 e. The molecule has 0 unspecified atom stereocenters. The molecule has 0 heterocycles. The summed E-state index contributed by atoms with van der Waals surface area (Å²) in [5, 5.41) is 9.20. The van der Waals surface area contributed by atoms with Crippen LogP contribution in [0.3, 0.4) is 0 Å². The van der Waals surface area contributed by atoms with Crippen molar-refractivity contribution in [3.05, 3.63) is 50.9 Å². The maximum Gasteiger partial charge on any atom is 0.261 e. The molecule has 2 N–H and O–H groups in total. The summed E-state index contributed by atoms with van der Waals surface area (Å²) < 4.78 is 28.3. The second-order valence-corrected chi connectivity index (χ2v) is 7.59. The summed E-state index contributed by atoms with van der Waals surface area (Å²) in [6, 6.07) is 8.97. The van der Waals surface area contributed by atoms with Crippen molar-refractivity contribution in [3.8, 4) is 5.75 Å². The van der Waals surface area contributed by atoms with Gasteiger partial charge in [0.05, 0.1) is 10.6 Å². The van der Waals surface area contributed by atoms with Gasteiger partial charge in [0.25, 0.3) is 10.0 Å². The molecule has 0 bridgehead atoms. The molecule has 0 aromatic heterocycles. The second-order valence-electron chi connectivity index (χ2n) is 4.20. The fourth-order valence-electron chi connectivity index (χ4n) is 1.62. The lowest BCUT2D eigenvalue weighted by Crippen LogP contribution is -2.13. The molecule has 0 aliphatic carbocycles. The van der Waals surface area contributed by atoms with Gasteiger partial charge in [-0.1, -0.05) is 0 Å². The van der Waals surface area contributed by atoms with E-state index in [0.717, 1.165) is 5.56 Å². The number of aryl methyl sites for hydroxylation is 1. The number of rotatable bonds is 3. The van der Waals surface area contributed by atoms with E-state index < -0.39 is 10.0 Å². The Balaban J connectivity index is 2.41. The van der Waals surface area contributed by atoms with Crippen molar-refractivity contribution in [1.82, 2.24) is 0 Å². The fourth-order valence-corrected chi connectivity index (χ4v) is 4.59. The molecular formula is C13H11Br2NO3S. The molecule has 2 aromatic carbocycles. The molecule has 0 saturated heterocycles. The topological polar surface area (TPSA) is 66.4 Å². The predicted octanol–water partition coefficient (Wildman–Crippen LogP) is 4.03. The zero-order chi connectivity index (χ0) is 14.9. The highest BCUT2D eigenvalue weighted by Gasteiger charge is 2.17. The zero-order valence-corrected chi connectivity index (χ0v) is 14.4. The molecule has 0 saturated carbocycles. The standard InChI is InChI=1S/C13H11Br2NO3S/c1-8-6-11(14)13(12(15)7-8)16-20(18,19)10-4-2-9(17)3-5-10/h2-7,16-17H,1H3. The van der Waals surface area contributed by atoms with Gasteiger partial charge in [-0.3, -0.25) is 4.72 Å². The first-order valence-electron chi connectivity index (χ1n) is 5.57. The van der Waals surface area contributed by atoms with E-state index in [4.69, 9.17) is 0 Å². The molecule has 0 radical (unpaired) electrons. The van der Waals surface area contributed by atoms with Crippen LogP contribution in [0.15, 0.2) is 50.2 Å². The Labute approximate surface area is 134 Å². The summed E-state index contributed by atoms with van der Waals surface area (Å²) in [5.74, 6) is 0.0154. The van der Waals surface area contributed by atoms with Crippen LogP contribution in [0.1, 0.15) is 5.56 Å². The highest BCUT2D eigenvalue weighted by Crippen LogP contribution is 2.34. The van der Waals surface area contributed by atoms with Gasteiger partial charge in [-0.25, -0.2) is 8.42 Å². The van der Waals surface area contributed by atoms with Crippen molar-refractivity contribution in [2.45, 2.75) is 11.8 Å². The maximum absolute atomic E-state index is 12.3. The van der Waals surface area contributed by atoms with E-state index in [-0.39, 0.29) is 10.6 Å². The van der Waals surface area contributed by atoms with E-state index >= 15 is 0 Å². The lowest BCUT2D eigenvalue weighted by Gasteiger charge is -2.12. The lowest BCUT2D eigenvalue weighted by molar-refractivity contribution is 0.475. The Kier molecular flexibility index (Phi) is 4.41. The number of aromatic hydroxyl groups is 1. The Morgan fingerprint density at radius 2 is 1.55 bits per heavy atom. The van der Waals surface area contributed by atoms with Crippen molar-refractivity contribution in [3.63, 3.8) is 0 Å². The third kappa shape index (κ3) is 3.34. The lowest BCUT2D eigenvalue weighted by atomic mass is 10.2. The molecule has 4 nitrogen and oxygen atoms in total. The van der Waals surface area contributed by atoms with Gasteiger partial charge in [0.15, 0.2) is 0 Å². The van der Waals surface area contributed by atoms with Crippen molar-refractivity contribution in [2.75, 3.05) is 4.72 Å². The molecule has 0 atom stereocenters. The number of benzene rings is 2. The summed E-state index contributed by atoms with van der Waals surface area (Å²) in [6.07, 6.45) is 0. The zero-order valence-electron chi connectivity index (χ0n) is 10.4. The highest BCUT2D eigenvalue weighted by atomic mass is 79.9.